The van der Waals surface area contributed by atoms with Gasteiger partial charge in [0.1, 0.15) is 23.9 Å². The molecule has 6 atom stereocenters. The number of ether oxygens (including phenoxy) is 2. The zero-order valence-electron chi connectivity index (χ0n) is 28.3. The molecule has 0 saturated heterocycles. The topological polar surface area (TPSA) is 143 Å². The SMILES string of the molecule is COc1ccc(C[C@H]2NC(=O)/C=C/C[C@@H]([C@H](C)[C@@H](O)[C@@H](Cl)c3ccccc3)OC(=O)[C@H](CC(C)C)NC(=O)C(C)(C)CNC2=O)cc1Cl. The van der Waals surface area contributed by atoms with Crippen molar-refractivity contribution in [2.75, 3.05) is 13.7 Å². The Labute approximate surface area is 292 Å². The van der Waals surface area contributed by atoms with Crippen molar-refractivity contribution in [2.45, 2.75) is 83.5 Å². The third-order valence-electron chi connectivity index (χ3n) is 8.35. The number of hydrogen-bond acceptors (Lipinski definition) is 7. The Morgan fingerprint density at radius 1 is 1.02 bits per heavy atom. The first-order valence-corrected chi connectivity index (χ1v) is 16.9. The van der Waals surface area contributed by atoms with Crippen LogP contribution in [-0.2, 0) is 30.3 Å². The lowest BCUT2D eigenvalue weighted by molar-refractivity contribution is -0.158. The highest BCUT2D eigenvalue weighted by Crippen LogP contribution is 2.32. The first-order chi connectivity index (χ1) is 22.6. The van der Waals surface area contributed by atoms with Gasteiger partial charge in [-0.25, -0.2) is 4.79 Å². The van der Waals surface area contributed by atoms with Gasteiger partial charge in [-0.05, 0) is 55.5 Å². The maximum atomic E-state index is 13.6. The van der Waals surface area contributed by atoms with Gasteiger partial charge in [0.15, 0.2) is 0 Å². The molecule has 2 aromatic carbocycles. The molecule has 12 heteroatoms. The largest absolute Gasteiger partial charge is 0.495 e. The van der Waals surface area contributed by atoms with Gasteiger partial charge in [0.2, 0.25) is 17.7 Å². The van der Waals surface area contributed by atoms with Crippen LogP contribution in [0.15, 0.2) is 60.7 Å². The van der Waals surface area contributed by atoms with Gasteiger partial charge in [-0.3, -0.25) is 14.4 Å². The minimum Gasteiger partial charge on any atom is -0.495 e. The number of methoxy groups -OCH3 is 1. The van der Waals surface area contributed by atoms with Gasteiger partial charge in [-0.1, -0.05) is 74.8 Å². The molecule has 0 aromatic heterocycles. The van der Waals surface area contributed by atoms with Crippen LogP contribution in [0.2, 0.25) is 5.02 Å². The van der Waals surface area contributed by atoms with Crippen molar-refractivity contribution >= 4 is 46.9 Å². The number of aliphatic hydroxyl groups is 1. The minimum atomic E-state index is -1.13. The lowest BCUT2D eigenvalue weighted by Gasteiger charge is -2.32. The summed E-state index contributed by atoms with van der Waals surface area (Å²) in [5, 5.41) is 19.2. The van der Waals surface area contributed by atoms with Crippen molar-refractivity contribution < 1.29 is 33.8 Å². The Morgan fingerprint density at radius 2 is 1.71 bits per heavy atom. The molecule has 10 nitrogen and oxygen atoms in total. The number of amides is 3. The summed E-state index contributed by atoms with van der Waals surface area (Å²) in [6.45, 7) is 8.77. The molecule has 0 spiro atoms. The number of hydrogen-bond donors (Lipinski definition) is 4. The summed E-state index contributed by atoms with van der Waals surface area (Å²) >= 11 is 13.0. The number of esters is 1. The zero-order chi connectivity index (χ0) is 35.6. The summed E-state index contributed by atoms with van der Waals surface area (Å²) in [5.41, 5.74) is 0.240. The van der Waals surface area contributed by atoms with E-state index in [4.69, 9.17) is 32.7 Å². The normalized spacial score (nSPS) is 23.6. The monoisotopic (exact) mass is 703 g/mol. The van der Waals surface area contributed by atoms with Gasteiger partial charge in [0.25, 0.3) is 0 Å². The zero-order valence-corrected chi connectivity index (χ0v) is 29.8. The average molecular weight is 705 g/mol. The van der Waals surface area contributed by atoms with Gasteiger partial charge >= 0.3 is 5.97 Å². The van der Waals surface area contributed by atoms with Crippen LogP contribution in [0.4, 0.5) is 0 Å². The fourth-order valence-electron chi connectivity index (χ4n) is 5.28. The van der Waals surface area contributed by atoms with E-state index in [1.807, 2.05) is 32.0 Å². The molecular weight excluding hydrogens is 657 g/mol. The number of nitrogens with one attached hydrogen (secondary N) is 3. The third kappa shape index (κ3) is 11.0. The van der Waals surface area contributed by atoms with Gasteiger partial charge < -0.3 is 30.5 Å². The molecule has 1 aliphatic heterocycles. The van der Waals surface area contributed by atoms with E-state index in [1.165, 1.54) is 19.3 Å². The molecule has 0 bridgehead atoms. The fourth-order valence-corrected chi connectivity index (χ4v) is 5.94. The highest BCUT2D eigenvalue weighted by molar-refractivity contribution is 6.32. The number of aliphatic hydroxyl groups excluding tert-OH is 1. The van der Waals surface area contributed by atoms with E-state index in [-0.39, 0.29) is 25.3 Å². The average Bonchev–Trinajstić information content (AvgIpc) is 3.04. The second-order valence-corrected chi connectivity index (χ2v) is 14.1. The van der Waals surface area contributed by atoms with Gasteiger partial charge in [-0.2, -0.15) is 0 Å². The molecule has 0 radical (unpaired) electrons. The van der Waals surface area contributed by atoms with Crippen LogP contribution in [0.5, 0.6) is 5.75 Å². The second-order valence-electron chi connectivity index (χ2n) is 13.3. The van der Waals surface area contributed by atoms with Gasteiger partial charge in [0.05, 0.1) is 29.0 Å². The number of benzene rings is 2. The molecule has 262 valence electrons. The number of halogens is 2. The molecule has 0 aliphatic carbocycles. The summed E-state index contributed by atoms with van der Waals surface area (Å²) in [6.07, 6.45) is 1.21. The van der Waals surface area contributed by atoms with E-state index in [1.54, 1.807) is 51.1 Å². The molecule has 4 N–H and O–H groups in total. The Morgan fingerprint density at radius 3 is 2.33 bits per heavy atom. The Hall–Kier alpha value is -3.60. The first-order valence-electron chi connectivity index (χ1n) is 16.1. The number of rotatable bonds is 9. The third-order valence-corrected chi connectivity index (χ3v) is 9.16. The maximum absolute atomic E-state index is 13.6. The van der Waals surface area contributed by atoms with Crippen LogP contribution in [0, 0.1) is 17.3 Å². The Bertz CT molecular complexity index is 1450. The maximum Gasteiger partial charge on any atom is 0.328 e. The summed E-state index contributed by atoms with van der Waals surface area (Å²) < 4.78 is 11.2. The van der Waals surface area contributed by atoms with E-state index in [2.05, 4.69) is 16.0 Å². The molecule has 0 fully saturated rings. The number of carbonyl (C=O) groups excluding carboxylic acids is 4. The van der Waals surface area contributed by atoms with E-state index >= 15 is 0 Å². The molecule has 0 unspecified atom stereocenters. The smallest absolute Gasteiger partial charge is 0.328 e. The predicted octanol–water partition coefficient (Wildman–Crippen LogP) is 4.90. The van der Waals surface area contributed by atoms with E-state index < -0.39 is 64.7 Å². The summed E-state index contributed by atoms with van der Waals surface area (Å²) in [6, 6.07) is 12.1. The highest BCUT2D eigenvalue weighted by atomic mass is 35.5. The molecule has 1 aliphatic rings. The van der Waals surface area contributed by atoms with Crippen molar-refractivity contribution in [3.63, 3.8) is 0 Å². The highest BCUT2D eigenvalue weighted by Gasteiger charge is 2.37. The van der Waals surface area contributed by atoms with Gasteiger partial charge in [0, 0.05) is 25.3 Å². The molecule has 3 rings (SSSR count). The van der Waals surface area contributed by atoms with Crippen molar-refractivity contribution in [3.8, 4) is 5.75 Å². The van der Waals surface area contributed by atoms with E-state index in [0.717, 1.165) is 0 Å². The van der Waals surface area contributed by atoms with E-state index in [0.29, 0.717) is 28.3 Å². The van der Waals surface area contributed by atoms with Crippen molar-refractivity contribution in [2.24, 2.45) is 17.3 Å². The van der Waals surface area contributed by atoms with Gasteiger partial charge in [-0.15, -0.1) is 11.6 Å². The van der Waals surface area contributed by atoms with Crippen LogP contribution in [0.25, 0.3) is 0 Å². The van der Waals surface area contributed by atoms with E-state index in [9.17, 15) is 24.3 Å². The quantitative estimate of drug-likeness (QED) is 0.215. The molecule has 2 aromatic rings. The Kier molecular flexibility index (Phi) is 14.3. The molecule has 0 saturated carbocycles. The van der Waals surface area contributed by atoms with Crippen molar-refractivity contribution in [3.05, 3.63) is 76.8 Å². The lowest BCUT2D eigenvalue weighted by atomic mass is 9.90. The van der Waals surface area contributed by atoms with Crippen LogP contribution in [0.3, 0.4) is 0 Å². The van der Waals surface area contributed by atoms with Crippen LogP contribution in [-0.4, -0.2) is 66.7 Å². The molecular formula is C36H47Cl2N3O7. The summed E-state index contributed by atoms with van der Waals surface area (Å²) in [4.78, 5) is 53.8. The molecule has 1 heterocycles. The summed E-state index contributed by atoms with van der Waals surface area (Å²) in [5.74, 6) is -2.37. The minimum absolute atomic E-state index is 0.0267. The first kappa shape index (κ1) is 38.8. The molecule has 3 amide bonds. The Balaban J connectivity index is 1.96. The second kappa shape index (κ2) is 17.7. The molecule has 48 heavy (non-hydrogen) atoms. The number of cyclic esters (lactones) is 1. The van der Waals surface area contributed by atoms with Crippen molar-refractivity contribution in [1.29, 1.82) is 0 Å². The van der Waals surface area contributed by atoms with Crippen LogP contribution in [0.1, 0.15) is 64.0 Å². The number of alkyl halides is 1. The standard InChI is InChI=1S/C36H47Cl2N3O7/c1-21(2)17-27-34(45)48-28(22(3)32(43)31(38)24-11-8-7-9-12-24)13-10-14-30(42)40-26(19-23-15-16-29(47-6)25(37)18-23)33(44)39-20-36(4,5)35(46)41-27/h7-12,14-16,18,21-22,26-28,31-32,43H,13,17,19-20H2,1-6H3,(H,39,44)(H,40,42)(H,41,46)/b14-10+/t22-,26+,27-,28-,31-,32+/m0/s1. The van der Waals surface area contributed by atoms with Crippen LogP contribution >= 0.6 is 23.2 Å². The van der Waals surface area contributed by atoms with Crippen molar-refractivity contribution in [1.82, 2.24) is 16.0 Å². The summed E-state index contributed by atoms with van der Waals surface area (Å²) in [7, 11) is 1.50. The fraction of sp³-hybridized carbons (Fsp3) is 0.500. The predicted molar refractivity (Wildman–Crippen MR) is 186 cm³/mol. The van der Waals surface area contributed by atoms with Crippen LogP contribution < -0.4 is 20.7 Å². The number of carbonyl (C=O) groups is 4. The lowest BCUT2D eigenvalue weighted by Crippen LogP contribution is -2.54.